The van der Waals surface area contributed by atoms with Crippen molar-refractivity contribution in [3.63, 3.8) is 0 Å². The summed E-state index contributed by atoms with van der Waals surface area (Å²) in [7, 11) is -2.25. The summed E-state index contributed by atoms with van der Waals surface area (Å²) in [4.78, 5) is 59.7. The third-order valence-electron chi connectivity index (χ3n) is 12.1. The second-order valence-corrected chi connectivity index (χ2v) is 21.7. The Morgan fingerprint density at radius 1 is 1.05 bits per heavy atom. The van der Waals surface area contributed by atoms with Crippen LogP contribution >= 0.6 is 22.7 Å². The predicted molar refractivity (Wildman–Crippen MR) is 239 cm³/mol. The molecule has 3 aromatic heterocycles. The number of hydrogen-bond acceptors (Lipinski definition) is 13. The molecule has 3 aliphatic rings. The molecule has 5 aromatic rings. The highest BCUT2D eigenvalue weighted by Gasteiger charge is 2.62. The lowest BCUT2D eigenvalue weighted by atomic mass is 9.85. The van der Waals surface area contributed by atoms with E-state index >= 15 is 4.79 Å². The maximum absolute atomic E-state index is 15.1. The van der Waals surface area contributed by atoms with Crippen LogP contribution in [0.4, 0.5) is 5.13 Å². The van der Waals surface area contributed by atoms with Crippen LogP contribution < -0.4 is 24.8 Å². The third kappa shape index (κ3) is 8.40. The number of carbonyl (C=O) groups is 3. The highest BCUT2D eigenvalue weighted by molar-refractivity contribution is 7.91. The molecule has 17 heteroatoms. The van der Waals surface area contributed by atoms with E-state index in [1.54, 1.807) is 7.11 Å². The van der Waals surface area contributed by atoms with Gasteiger partial charge in [-0.3, -0.25) is 19.1 Å². The summed E-state index contributed by atoms with van der Waals surface area (Å²) >= 11 is 2.94. The standard InChI is InChI=1S/C44H53N7O7S3/c1-9-25-20-44(25,41(54)50-61(55,56)27-14-15-27)49-37(52)33-18-26(21-51(33)40(53)36(43(5,6)7)48-42-47-30-12-10-11-13-35(30)60-42)58-38-28-16-17-34(57-8)24(4)29(28)19-31(45-38)39-46-32(22-59-39)23(2)3/h10-13,16-17,19,22-23,25-27,33,36H,9,14-15,18,20-21H2,1-8H3,(H,47,48)(H,49,52)(H,50,54). The van der Waals surface area contributed by atoms with Gasteiger partial charge in [-0.15, -0.1) is 11.3 Å². The number of methoxy groups -OCH3 is 1. The fourth-order valence-corrected chi connectivity index (χ4v) is 11.4. The second-order valence-electron chi connectivity index (χ2n) is 17.9. The summed E-state index contributed by atoms with van der Waals surface area (Å²) in [6.07, 6.45) is 1.20. The van der Waals surface area contributed by atoms with E-state index in [-0.39, 0.29) is 37.1 Å². The Balaban J connectivity index is 1.15. The minimum absolute atomic E-state index is 0.0365. The molecule has 2 aromatic carbocycles. The van der Waals surface area contributed by atoms with Crippen LogP contribution in [0, 0.1) is 18.3 Å². The number of rotatable bonds is 14. The molecule has 0 spiro atoms. The number of anilines is 1. The largest absolute Gasteiger partial charge is 0.496 e. The molecular formula is C44H53N7O7S3. The molecule has 8 rings (SSSR count). The topological polar surface area (TPSA) is 182 Å². The molecule has 2 saturated carbocycles. The van der Waals surface area contributed by atoms with E-state index < -0.39 is 56.2 Å². The maximum atomic E-state index is 15.1. The summed E-state index contributed by atoms with van der Waals surface area (Å²) in [5.74, 6) is -0.654. The third-order valence-corrected chi connectivity index (χ3v) is 15.8. The molecule has 4 heterocycles. The quantitative estimate of drug-likeness (QED) is 0.103. The molecule has 324 valence electrons. The average molecular weight is 888 g/mol. The molecule has 2 aliphatic carbocycles. The van der Waals surface area contributed by atoms with Crippen LogP contribution in [-0.2, 0) is 24.4 Å². The molecule has 1 saturated heterocycles. The van der Waals surface area contributed by atoms with Crippen molar-refractivity contribution in [3.05, 3.63) is 59.1 Å². The molecule has 3 amide bonds. The van der Waals surface area contributed by atoms with Crippen molar-refractivity contribution < 1.29 is 32.3 Å². The van der Waals surface area contributed by atoms with E-state index in [0.717, 1.165) is 37.3 Å². The number of sulfonamides is 1. The number of hydrogen-bond donors (Lipinski definition) is 3. The van der Waals surface area contributed by atoms with Crippen molar-refractivity contribution >= 4 is 76.5 Å². The van der Waals surface area contributed by atoms with Gasteiger partial charge in [0.2, 0.25) is 27.7 Å². The molecule has 5 unspecified atom stereocenters. The van der Waals surface area contributed by atoms with Gasteiger partial charge in [0.05, 0.1) is 34.8 Å². The van der Waals surface area contributed by atoms with E-state index in [9.17, 15) is 18.0 Å². The van der Waals surface area contributed by atoms with Crippen molar-refractivity contribution in [2.45, 2.75) is 115 Å². The number of thiazole rings is 2. The summed E-state index contributed by atoms with van der Waals surface area (Å²) in [5, 5.41) is 10.7. The molecule has 0 bridgehead atoms. The number of carbonyl (C=O) groups excluding carboxylic acids is 3. The Hall–Kier alpha value is -4.87. The van der Waals surface area contributed by atoms with Gasteiger partial charge in [0.15, 0.2) is 5.13 Å². The first-order valence-corrected chi connectivity index (χ1v) is 24.1. The molecule has 5 atom stereocenters. The van der Waals surface area contributed by atoms with Crippen molar-refractivity contribution in [2.75, 3.05) is 19.0 Å². The lowest BCUT2D eigenvalue weighted by molar-refractivity contribution is -0.141. The smallest absolute Gasteiger partial charge is 0.259 e. The highest BCUT2D eigenvalue weighted by atomic mass is 32.2. The minimum atomic E-state index is -3.87. The number of aromatic nitrogens is 3. The number of para-hydroxylation sites is 1. The zero-order valence-electron chi connectivity index (χ0n) is 35.7. The van der Waals surface area contributed by atoms with E-state index in [4.69, 9.17) is 24.4 Å². The van der Waals surface area contributed by atoms with Crippen molar-refractivity contribution in [3.8, 4) is 22.3 Å². The number of likely N-dealkylation sites (tertiary alicyclic amines) is 1. The number of pyridine rings is 1. The van der Waals surface area contributed by atoms with Crippen LogP contribution in [0.1, 0.15) is 90.8 Å². The number of ether oxygens (including phenoxy) is 2. The SMILES string of the molecule is CCC1CC1(NC(=O)C1CC(Oc2nc(-c3nc(C(C)C)cs3)cc3c(C)c(OC)ccc23)CN1C(=O)C(Nc1nc2ccccc2s1)C(C)(C)C)C(=O)NS(=O)(=O)C1CC1. The zero-order valence-corrected chi connectivity index (χ0v) is 38.1. The van der Waals surface area contributed by atoms with E-state index in [1.165, 1.54) is 27.6 Å². The van der Waals surface area contributed by atoms with Gasteiger partial charge in [-0.1, -0.05) is 71.4 Å². The Bertz CT molecular complexity index is 2600. The van der Waals surface area contributed by atoms with Gasteiger partial charge < -0.3 is 25.0 Å². The predicted octanol–water partition coefficient (Wildman–Crippen LogP) is 7.18. The first-order chi connectivity index (χ1) is 28.9. The Morgan fingerprint density at radius 3 is 2.44 bits per heavy atom. The van der Waals surface area contributed by atoms with Crippen LogP contribution in [0.15, 0.2) is 47.8 Å². The molecule has 3 fully saturated rings. The van der Waals surface area contributed by atoms with Gasteiger partial charge in [0.1, 0.15) is 40.2 Å². The fourth-order valence-electron chi connectivity index (χ4n) is 8.21. The van der Waals surface area contributed by atoms with Crippen LogP contribution in [0.25, 0.3) is 31.7 Å². The van der Waals surface area contributed by atoms with Crippen LogP contribution in [0.2, 0.25) is 0 Å². The first kappa shape index (κ1) is 42.8. The van der Waals surface area contributed by atoms with E-state index in [0.29, 0.717) is 41.7 Å². The Labute approximate surface area is 364 Å². The van der Waals surface area contributed by atoms with Crippen LogP contribution in [-0.4, -0.2) is 88.6 Å². The van der Waals surface area contributed by atoms with E-state index in [2.05, 4.69) is 29.2 Å². The van der Waals surface area contributed by atoms with Crippen molar-refractivity contribution in [1.82, 2.24) is 29.9 Å². The number of amides is 3. The molecule has 0 radical (unpaired) electrons. The number of nitrogens with one attached hydrogen (secondary N) is 3. The normalized spacial score (nSPS) is 22.0. The summed E-state index contributed by atoms with van der Waals surface area (Å²) < 4.78 is 41.5. The van der Waals surface area contributed by atoms with Gasteiger partial charge in [-0.05, 0) is 84.7 Å². The van der Waals surface area contributed by atoms with Gasteiger partial charge in [-0.2, -0.15) is 0 Å². The lowest BCUT2D eigenvalue weighted by Gasteiger charge is -2.35. The molecule has 3 N–H and O–H groups in total. The lowest BCUT2D eigenvalue weighted by Crippen LogP contribution is -2.58. The summed E-state index contributed by atoms with van der Waals surface area (Å²) in [6, 6.07) is 11.6. The van der Waals surface area contributed by atoms with Crippen molar-refractivity contribution in [2.24, 2.45) is 11.3 Å². The average Bonchev–Trinajstić information content (AvgIpc) is 4.02. The zero-order chi connectivity index (χ0) is 43.6. The van der Waals surface area contributed by atoms with Gasteiger partial charge >= 0.3 is 0 Å². The number of aryl methyl sites for hydroxylation is 1. The van der Waals surface area contributed by atoms with E-state index in [1.807, 2.05) is 82.5 Å². The number of benzene rings is 2. The van der Waals surface area contributed by atoms with Gasteiger partial charge in [0, 0.05) is 17.2 Å². The summed E-state index contributed by atoms with van der Waals surface area (Å²) in [5.41, 5.74) is 1.22. The molecule has 14 nitrogen and oxygen atoms in total. The molecule has 1 aliphatic heterocycles. The van der Waals surface area contributed by atoms with Crippen molar-refractivity contribution in [1.29, 1.82) is 0 Å². The highest BCUT2D eigenvalue weighted by Crippen LogP contribution is 2.47. The fraction of sp³-hybridized carbons (Fsp3) is 0.500. The van der Waals surface area contributed by atoms with Gasteiger partial charge in [-0.25, -0.2) is 23.4 Å². The molecular weight excluding hydrogens is 835 g/mol. The number of nitrogens with zero attached hydrogens (tertiary/aromatic N) is 4. The Morgan fingerprint density at radius 2 is 1.80 bits per heavy atom. The summed E-state index contributed by atoms with van der Waals surface area (Å²) in [6.45, 7) is 13.9. The monoisotopic (exact) mass is 887 g/mol. The van der Waals surface area contributed by atoms with Crippen LogP contribution in [0.3, 0.4) is 0 Å². The Kier molecular flexibility index (Phi) is 11.3. The van der Waals surface area contributed by atoms with Crippen LogP contribution in [0.5, 0.6) is 11.6 Å². The number of fused-ring (bicyclic) bond motifs is 2. The second kappa shape index (κ2) is 16.1. The first-order valence-electron chi connectivity index (χ1n) is 20.8. The maximum Gasteiger partial charge on any atom is 0.259 e. The minimum Gasteiger partial charge on any atom is -0.496 e. The molecule has 61 heavy (non-hydrogen) atoms. The van der Waals surface area contributed by atoms with Gasteiger partial charge in [0.25, 0.3) is 5.91 Å².